The molecule has 8 heteroatoms. The van der Waals surface area contributed by atoms with Crippen LogP contribution < -0.4 is 4.74 Å². The quantitative estimate of drug-likeness (QED) is 0.123. The highest BCUT2D eigenvalue weighted by Gasteiger charge is 2.34. The third kappa shape index (κ3) is 9.51. The maximum absolute atomic E-state index is 12.4. The van der Waals surface area contributed by atoms with Crippen molar-refractivity contribution in [3.8, 4) is 5.75 Å². The summed E-state index contributed by atoms with van der Waals surface area (Å²) < 4.78 is 23.6. The minimum absolute atomic E-state index is 0.118. The number of fused-ring (bicyclic) bond motifs is 1. The van der Waals surface area contributed by atoms with Crippen molar-refractivity contribution in [2.75, 3.05) is 26.3 Å². The highest BCUT2D eigenvalue weighted by Crippen LogP contribution is 2.33. The van der Waals surface area contributed by atoms with Crippen molar-refractivity contribution >= 4 is 17.1 Å². The van der Waals surface area contributed by atoms with Crippen molar-refractivity contribution < 1.29 is 28.6 Å². The third-order valence-corrected chi connectivity index (χ3v) is 7.37. The van der Waals surface area contributed by atoms with Gasteiger partial charge in [0.25, 0.3) is 0 Å². The van der Waals surface area contributed by atoms with Crippen LogP contribution in [0.3, 0.4) is 0 Å². The highest BCUT2D eigenvalue weighted by atomic mass is 16.8. The van der Waals surface area contributed by atoms with E-state index in [9.17, 15) is 4.79 Å². The maximum Gasteiger partial charge on any atom is 0.528 e. The molecule has 0 N–H and O–H groups in total. The molecule has 0 aliphatic carbocycles. The molecule has 1 aliphatic heterocycles. The Morgan fingerprint density at radius 2 is 1.73 bits per heavy atom. The Balaban J connectivity index is 1.17. The number of nitrogens with zero attached hydrogens (tertiary/aromatic N) is 2. The van der Waals surface area contributed by atoms with Crippen molar-refractivity contribution in [1.82, 2.24) is 10.0 Å². The lowest BCUT2D eigenvalue weighted by molar-refractivity contribution is -0.179. The van der Waals surface area contributed by atoms with E-state index in [0.717, 1.165) is 40.6 Å². The lowest BCUT2D eigenvalue weighted by atomic mass is 9.87. The summed E-state index contributed by atoms with van der Waals surface area (Å²) in [5.41, 5.74) is 3.67. The van der Waals surface area contributed by atoms with Gasteiger partial charge in [-0.05, 0) is 68.1 Å². The van der Waals surface area contributed by atoms with E-state index in [-0.39, 0.29) is 12.0 Å². The lowest BCUT2D eigenvalue weighted by Gasteiger charge is -2.37. The van der Waals surface area contributed by atoms with Crippen LogP contribution in [0.2, 0.25) is 0 Å². The molecule has 2 unspecified atom stereocenters. The summed E-state index contributed by atoms with van der Waals surface area (Å²) >= 11 is 0. The Bertz CT molecular complexity index is 1470. The van der Waals surface area contributed by atoms with E-state index in [1.807, 2.05) is 63.2 Å². The topological polar surface area (TPSA) is 79.4 Å². The SMILES string of the molecule is CC(C)(C)OC(=O)ON1CCC(c2ccc(OCCCOCc3ccccc3)cc2)C(OCc2ccc3cccnc3c2)C1. The molecule has 0 spiro atoms. The van der Waals surface area contributed by atoms with Crippen LogP contribution in [0.25, 0.3) is 10.9 Å². The van der Waals surface area contributed by atoms with E-state index >= 15 is 0 Å². The molecule has 5 rings (SSSR count). The average Bonchev–Trinajstić information content (AvgIpc) is 3.01. The summed E-state index contributed by atoms with van der Waals surface area (Å²) in [4.78, 5) is 22.4. The van der Waals surface area contributed by atoms with Gasteiger partial charge in [0.2, 0.25) is 0 Å². The van der Waals surface area contributed by atoms with Gasteiger partial charge in [0.05, 0.1) is 44.6 Å². The van der Waals surface area contributed by atoms with Crippen LogP contribution in [-0.2, 0) is 32.3 Å². The predicted molar refractivity (Wildman–Crippen MR) is 169 cm³/mol. The predicted octanol–water partition coefficient (Wildman–Crippen LogP) is 7.46. The second-order valence-electron chi connectivity index (χ2n) is 12.0. The molecule has 8 nitrogen and oxygen atoms in total. The van der Waals surface area contributed by atoms with Crippen molar-refractivity contribution in [1.29, 1.82) is 0 Å². The second-order valence-corrected chi connectivity index (χ2v) is 12.0. The maximum atomic E-state index is 12.4. The zero-order valence-corrected chi connectivity index (χ0v) is 25.8. The molecule has 2 heterocycles. The number of pyridine rings is 1. The molecule has 0 saturated carbocycles. The number of hydrogen-bond acceptors (Lipinski definition) is 8. The van der Waals surface area contributed by atoms with Crippen LogP contribution in [0.1, 0.15) is 56.2 Å². The monoisotopic (exact) mass is 598 g/mol. The van der Waals surface area contributed by atoms with Crippen LogP contribution in [0, 0.1) is 0 Å². The summed E-state index contributed by atoms with van der Waals surface area (Å²) in [6.45, 7) is 8.71. The van der Waals surface area contributed by atoms with Crippen LogP contribution in [0.4, 0.5) is 4.79 Å². The van der Waals surface area contributed by atoms with Gasteiger partial charge in [-0.15, -0.1) is 5.06 Å². The van der Waals surface area contributed by atoms with Crippen molar-refractivity contribution in [2.45, 2.75) is 64.4 Å². The smallest absolute Gasteiger partial charge is 0.494 e. The molecule has 0 bridgehead atoms. The highest BCUT2D eigenvalue weighted by molar-refractivity contribution is 5.78. The molecule has 44 heavy (non-hydrogen) atoms. The first kappa shape index (κ1) is 31.4. The molecule has 1 aliphatic rings. The minimum Gasteiger partial charge on any atom is -0.494 e. The fourth-order valence-electron chi connectivity index (χ4n) is 5.23. The van der Waals surface area contributed by atoms with Gasteiger partial charge in [0.15, 0.2) is 0 Å². The van der Waals surface area contributed by atoms with E-state index in [2.05, 4.69) is 47.4 Å². The largest absolute Gasteiger partial charge is 0.528 e. The summed E-state index contributed by atoms with van der Waals surface area (Å²) in [5.74, 6) is 0.941. The molecular weight excluding hydrogens is 556 g/mol. The van der Waals surface area contributed by atoms with Gasteiger partial charge in [-0.3, -0.25) is 4.98 Å². The zero-order chi connectivity index (χ0) is 30.8. The Hall–Kier alpha value is -3.98. The van der Waals surface area contributed by atoms with Crippen LogP contribution in [-0.4, -0.2) is 54.2 Å². The van der Waals surface area contributed by atoms with Gasteiger partial charge >= 0.3 is 6.16 Å². The number of hydrogen-bond donors (Lipinski definition) is 0. The molecule has 1 saturated heterocycles. The molecule has 2 atom stereocenters. The Morgan fingerprint density at radius 1 is 0.909 bits per heavy atom. The number of benzene rings is 3. The lowest BCUT2D eigenvalue weighted by Crippen LogP contribution is -2.45. The first-order chi connectivity index (χ1) is 21.3. The molecule has 1 aromatic heterocycles. The van der Waals surface area contributed by atoms with Crippen molar-refractivity contribution in [3.05, 3.63) is 108 Å². The molecule has 232 valence electrons. The van der Waals surface area contributed by atoms with E-state index in [1.54, 1.807) is 11.3 Å². The summed E-state index contributed by atoms with van der Waals surface area (Å²) in [6, 6.07) is 28.6. The van der Waals surface area contributed by atoms with Crippen LogP contribution in [0.15, 0.2) is 91.1 Å². The molecule has 0 amide bonds. The van der Waals surface area contributed by atoms with Gasteiger partial charge in [-0.25, -0.2) is 4.79 Å². The Morgan fingerprint density at radius 3 is 2.52 bits per heavy atom. The average molecular weight is 599 g/mol. The van der Waals surface area contributed by atoms with Crippen LogP contribution in [0.5, 0.6) is 5.75 Å². The van der Waals surface area contributed by atoms with Gasteiger partial charge in [-0.1, -0.05) is 60.7 Å². The molecule has 3 aromatic carbocycles. The number of aromatic nitrogens is 1. The standard InChI is InChI=1S/C36H42N2O6/c1-36(2,3)43-35(39)44-38-20-18-32(34(24-38)42-26-28-12-13-30-11-7-19-37-33(30)23-28)29-14-16-31(17-15-29)41-22-8-21-40-25-27-9-5-4-6-10-27/h4-7,9-17,19,23,32,34H,8,18,20-22,24-26H2,1-3H3. The first-order valence-electron chi connectivity index (χ1n) is 15.3. The van der Waals surface area contributed by atoms with Crippen molar-refractivity contribution in [3.63, 3.8) is 0 Å². The van der Waals surface area contributed by atoms with E-state index in [1.165, 1.54) is 5.56 Å². The fraction of sp³-hybridized carbons (Fsp3) is 0.389. The minimum atomic E-state index is -0.706. The van der Waals surface area contributed by atoms with Gasteiger partial charge in [-0.2, -0.15) is 0 Å². The summed E-state index contributed by atoms with van der Waals surface area (Å²) in [7, 11) is 0. The number of hydroxylamine groups is 2. The third-order valence-electron chi connectivity index (χ3n) is 7.37. The molecule has 1 fully saturated rings. The van der Waals surface area contributed by atoms with Gasteiger partial charge in [0.1, 0.15) is 11.4 Å². The number of rotatable bonds is 12. The van der Waals surface area contributed by atoms with Gasteiger partial charge in [0, 0.05) is 30.5 Å². The Labute approximate surface area is 259 Å². The molecular formula is C36H42N2O6. The van der Waals surface area contributed by atoms with Crippen LogP contribution >= 0.6 is 0 Å². The number of carbonyl (C=O) groups excluding carboxylic acids is 1. The normalized spacial score (nSPS) is 17.3. The number of carbonyl (C=O) groups is 1. The van der Waals surface area contributed by atoms with Gasteiger partial charge < -0.3 is 23.8 Å². The first-order valence-corrected chi connectivity index (χ1v) is 15.3. The Kier molecular flexibility index (Phi) is 10.8. The molecule has 0 radical (unpaired) electrons. The van der Waals surface area contributed by atoms with E-state index in [4.69, 9.17) is 23.8 Å². The van der Waals surface area contributed by atoms with E-state index < -0.39 is 11.8 Å². The summed E-state index contributed by atoms with van der Waals surface area (Å²) in [5, 5.41) is 2.74. The zero-order valence-electron chi connectivity index (χ0n) is 25.8. The summed E-state index contributed by atoms with van der Waals surface area (Å²) in [6.07, 6.45) is 2.45. The molecule has 4 aromatic rings. The van der Waals surface area contributed by atoms with Crippen molar-refractivity contribution in [2.24, 2.45) is 0 Å². The second kappa shape index (κ2) is 15.1. The number of ether oxygens (including phenoxy) is 4. The van der Waals surface area contributed by atoms with E-state index in [0.29, 0.717) is 39.5 Å². The fourth-order valence-corrected chi connectivity index (χ4v) is 5.23. The number of piperidine rings is 1.